The molecule has 0 fully saturated rings. The first-order chi connectivity index (χ1) is 10.6. The van der Waals surface area contributed by atoms with E-state index in [1.807, 2.05) is 25.1 Å². The normalized spacial score (nSPS) is 14.5. The second-order valence-electron chi connectivity index (χ2n) is 5.29. The number of ether oxygens (including phenoxy) is 1. The maximum Gasteiger partial charge on any atom is 0.262 e. The number of hydrogen-bond acceptors (Lipinski definition) is 4. The molecule has 1 aliphatic heterocycles. The number of amides is 2. The van der Waals surface area contributed by atoms with Gasteiger partial charge in [0.1, 0.15) is 5.75 Å². The van der Waals surface area contributed by atoms with Crippen LogP contribution in [0.5, 0.6) is 5.75 Å². The zero-order valence-electron chi connectivity index (χ0n) is 13.0. The predicted octanol–water partition coefficient (Wildman–Crippen LogP) is 2.73. The first kappa shape index (κ1) is 16.7. The summed E-state index contributed by atoms with van der Waals surface area (Å²) in [5.74, 6) is 2.03. The molecule has 0 bridgehead atoms. The highest BCUT2D eigenvalue weighted by Crippen LogP contribution is 2.30. The van der Waals surface area contributed by atoms with Gasteiger partial charge in [-0.15, -0.1) is 0 Å². The Kier molecular flexibility index (Phi) is 6.12. The van der Waals surface area contributed by atoms with Gasteiger partial charge in [0.2, 0.25) is 5.91 Å². The quantitative estimate of drug-likeness (QED) is 0.758. The number of benzene rings is 1. The molecule has 120 valence electrons. The summed E-state index contributed by atoms with van der Waals surface area (Å²) in [7, 11) is 0. The smallest absolute Gasteiger partial charge is 0.262 e. The van der Waals surface area contributed by atoms with E-state index < -0.39 is 0 Å². The van der Waals surface area contributed by atoms with Gasteiger partial charge in [-0.1, -0.05) is 19.4 Å². The number of fused-ring (bicyclic) bond motifs is 1. The van der Waals surface area contributed by atoms with Crippen LogP contribution in [0.3, 0.4) is 0 Å². The number of thioether (sulfide) groups is 1. The van der Waals surface area contributed by atoms with Crippen molar-refractivity contribution in [2.24, 2.45) is 0 Å². The van der Waals surface area contributed by atoms with Crippen LogP contribution < -0.4 is 15.4 Å². The standard InChI is InChI=1S/C16H22N2O3S/c1-3-4-7-22-10-16(20)17-11(2)12-5-6-14-13(8-12)18-15(19)9-21-14/h5-6,8,11H,3-4,7,9-10H2,1-2H3,(H,17,20)(H,18,19). The average Bonchev–Trinajstić information content (AvgIpc) is 2.50. The molecule has 1 aliphatic rings. The van der Waals surface area contributed by atoms with E-state index in [1.165, 1.54) is 0 Å². The second kappa shape index (κ2) is 8.08. The van der Waals surface area contributed by atoms with Crippen molar-refractivity contribution in [3.8, 4) is 5.75 Å². The summed E-state index contributed by atoms with van der Waals surface area (Å²) in [6.45, 7) is 4.12. The van der Waals surface area contributed by atoms with Gasteiger partial charge in [0.25, 0.3) is 5.91 Å². The molecule has 1 atom stereocenters. The zero-order valence-corrected chi connectivity index (χ0v) is 13.8. The molecule has 1 unspecified atom stereocenters. The number of carbonyl (C=O) groups is 2. The zero-order chi connectivity index (χ0) is 15.9. The van der Waals surface area contributed by atoms with Crippen molar-refractivity contribution in [2.75, 3.05) is 23.4 Å². The number of unbranched alkanes of at least 4 members (excludes halogenated alkanes) is 1. The molecule has 0 saturated heterocycles. The fourth-order valence-electron chi connectivity index (χ4n) is 2.15. The van der Waals surface area contributed by atoms with Crippen molar-refractivity contribution in [3.05, 3.63) is 23.8 Å². The van der Waals surface area contributed by atoms with Crippen LogP contribution >= 0.6 is 11.8 Å². The topological polar surface area (TPSA) is 67.4 Å². The van der Waals surface area contributed by atoms with Gasteiger partial charge in [0.05, 0.1) is 17.5 Å². The Morgan fingerprint density at radius 3 is 3.09 bits per heavy atom. The van der Waals surface area contributed by atoms with E-state index in [2.05, 4.69) is 17.6 Å². The molecule has 0 spiro atoms. The number of rotatable bonds is 7. The summed E-state index contributed by atoms with van der Waals surface area (Å²) >= 11 is 1.66. The maximum atomic E-state index is 11.9. The Hall–Kier alpha value is -1.69. The summed E-state index contributed by atoms with van der Waals surface area (Å²) in [6.07, 6.45) is 2.28. The van der Waals surface area contributed by atoms with Crippen molar-refractivity contribution in [1.29, 1.82) is 0 Å². The van der Waals surface area contributed by atoms with Gasteiger partial charge in [-0.05, 0) is 36.8 Å². The highest BCUT2D eigenvalue weighted by atomic mass is 32.2. The second-order valence-corrected chi connectivity index (χ2v) is 6.39. The molecule has 22 heavy (non-hydrogen) atoms. The van der Waals surface area contributed by atoms with Crippen LogP contribution in [0.1, 0.15) is 38.3 Å². The van der Waals surface area contributed by atoms with E-state index in [9.17, 15) is 9.59 Å². The van der Waals surface area contributed by atoms with Crippen molar-refractivity contribution in [2.45, 2.75) is 32.7 Å². The van der Waals surface area contributed by atoms with Gasteiger partial charge < -0.3 is 15.4 Å². The molecule has 0 saturated carbocycles. The number of nitrogens with one attached hydrogen (secondary N) is 2. The van der Waals surface area contributed by atoms with Crippen molar-refractivity contribution in [1.82, 2.24) is 5.32 Å². The van der Waals surface area contributed by atoms with Gasteiger partial charge in [-0.3, -0.25) is 9.59 Å². The summed E-state index contributed by atoms with van der Waals surface area (Å²) in [4.78, 5) is 23.3. The lowest BCUT2D eigenvalue weighted by Gasteiger charge is -2.21. The Balaban J connectivity index is 1.89. The van der Waals surface area contributed by atoms with Crippen LogP contribution in [-0.2, 0) is 9.59 Å². The third kappa shape index (κ3) is 4.66. The minimum Gasteiger partial charge on any atom is -0.482 e. The van der Waals surface area contributed by atoms with Crippen LogP contribution in [0.4, 0.5) is 5.69 Å². The van der Waals surface area contributed by atoms with E-state index in [4.69, 9.17) is 4.74 Å². The molecule has 0 radical (unpaired) electrons. The van der Waals surface area contributed by atoms with E-state index in [0.717, 1.165) is 24.2 Å². The molecule has 1 aromatic carbocycles. The summed E-state index contributed by atoms with van der Waals surface area (Å²) in [6, 6.07) is 5.47. The van der Waals surface area contributed by atoms with E-state index in [-0.39, 0.29) is 24.5 Å². The molecule has 2 N–H and O–H groups in total. The van der Waals surface area contributed by atoms with Crippen molar-refractivity contribution in [3.63, 3.8) is 0 Å². The van der Waals surface area contributed by atoms with Crippen LogP contribution in [0.15, 0.2) is 18.2 Å². The molecule has 2 rings (SSSR count). The number of carbonyl (C=O) groups excluding carboxylic acids is 2. The molecule has 1 heterocycles. The van der Waals surface area contributed by atoms with E-state index >= 15 is 0 Å². The minimum atomic E-state index is -0.159. The minimum absolute atomic E-state index is 0.0339. The predicted molar refractivity (Wildman–Crippen MR) is 89.4 cm³/mol. The van der Waals surface area contributed by atoms with E-state index in [1.54, 1.807) is 11.8 Å². The summed E-state index contributed by atoms with van der Waals surface area (Å²) in [5, 5.41) is 5.75. The van der Waals surface area contributed by atoms with E-state index in [0.29, 0.717) is 17.2 Å². The fraction of sp³-hybridized carbons (Fsp3) is 0.500. The first-order valence-electron chi connectivity index (χ1n) is 7.54. The highest BCUT2D eigenvalue weighted by Gasteiger charge is 2.18. The monoisotopic (exact) mass is 322 g/mol. The largest absolute Gasteiger partial charge is 0.482 e. The molecule has 2 amide bonds. The van der Waals surface area contributed by atoms with Crippen LogP contribution in [-0.4, -0.2) is 29.9 Å². The highest BCUT2D eigenvalue weighted by molar-refractivity contribution is 7.99. The van der Waals surface area contributed by atoms with Crippen LogP contribution in [0, 0.1) is 0 Å². The van der Waals surface area contributed by atoms with Crippen molar-refractivity contribution < 1.29 is 14.3 Å². The molecular weight excluding hydrogens is 300 g/mol. The first-order valence-corrected chi connectivity index (χ1v) is 8.69. The number of anilines is 1. The molecule has 6 heteroatoms. The Labute approximate surface area is 135 Å². The third-order valence-corrected chi connectivity index (χ3v) is 4.43. The Morgan fingerprint density at radius 2 is 2.32 bits per heavy atom. The third-order valence-electron chi connectivity index (χ3n) is 3.39. The maximum absolute atomic E-state index is 11.9. The van der Waals surface area contributed by atoms with Crippen LogP contribution in [0.25, 0.3) is 0 Å². The Morgan fingerprint density at radius 1 is 1.50 bits per heavy atom. The SMILES string of the molecule is CCCCSCC(=O)NC(C)c1ccc2c(c1)NC(=O)CO2. The lowest BCUT2D eigenvalue weighted by atomic mass is 10.1. The summed E-state index contributed by atoms with van der Waals surface area (Å²) < 4.78 is 5.32. The van der Waals surface area contributed by atoms with Gasteiger partial charge in [0.15, 0.2) is 6.61 Å². The van der Waals surface area contributed by atoms with Crippen LogP contribution in [0.2, 0.25) is 0 Å². The lowest BCUT2D eigenvalue weighted by molar-refractivity contribution is -0.119. The van der Waals surface area contributed by atoms with Gasteiger partial charge in [0, 0.05) is 0 Å². The van der Waals surface area contributed by atoms with Crippen molar-refractivity contribution >= 4 is 29.3 Å². The molecule has 5 nitrogen and oxygen atoms in total. The number of hydrogen-bond donors (Lipinski definition) is 2. The summed E-state index contributed by atoms with van der Waals surface area (Å²) in [5.41, 5.74) is 1.60. The molecule has 0 aromatic heterocycles. The molecular formula is C16H22N2O3S. The lowest BCUT2D eigenvalue weighted by Crippen LogP contribution is -2.29. The van der Waals surface area contributed by atoms with Gasteiger partial charge in [-0.25, -0.2) is 0 Å². The average molecular weight is 322 g/mol. The Bertz CT molecular complexity index is 548. The molecule has 1 aromatic rings. The van der Waals surface area contributed by atoms with Gasteiger partial charge in [-0.2, -0.15) is 11.8 Å². The van der Waals surface area contributed by atoms with Gasteiger partial charge >= 0.3 is 0 Å². The molecule has 0 aliphatic carbocycles. The fourth-order valence-corrected chi connectivity index (χ4v) is 3.05.